The van der Waals surface area contributed by atoms with Crippen molar-refractivity contribution in [3.63, 3.8) is 0 Å². The van der Waals surface area contributed by atoms with Gasteiger partial charge in [-0.2, -0.15) is 0 Å². The van der Waals surface area contributed by atoms with E-state index in [1.807, 2.05) is 30.5 Å². The highest BCUT2D eigenvalue weighted by molar-refractivity contribution is 7.07. The van der Waals surface area contributed by atoms with Gasteiger partial charge in [-0.05, 0) is 51.1 Å². The Kier molecular flexibility index (Phi) is 5.86. The maximum atomic E-state index is 12.6. The third kappa shape index (κ3) is 4.10. The lowest BCUT2D eigenvalue weighted by molar-refractivity contribution is -0.143. The Labute approximate surface area is 170 Å². The van der Waals surface area contributed by atoms with Gasteiger partial charge in [-0.3, -0.25) is 19.0 Å². The molecule has 28 heavy (non-hydrogen) atoms. The van der Waals surface area contributed by atoms with Gasteiger partial charge < -0.3 is 9.30 Å². The molecule has 0 unspecified atom stereocenters. The smallest absolute Gasteiger partial charge is 0.326 e. The quantitative estimate of drug-likeness (QED) is 0.452. The molecule has 2 aromatic heterocycles. The lowest BCUT2D eigenvalue weighted by atomic mass is 10.1. The number of esters is 1. The molecule has 0 N–H and O–H groups in total. The predicted octanol–water partition coefficient (Wildman–Crippen LogP) is 3.71. The number of hydrogen-bond donors (Lipinski definition) is 0. The number of benzene rings is 1. The number of ketones is 1. The Morgan fingerprint density at radius 2 is 1.79 bits per heavy atom. The van der Waals surface area contributed by atoms with Crippen LogP contribution in [0.4, 0.5) is 0 Å². The fourth-order valence-corrected chi connectivity index (χ4v) is 3.89. The van der Waals surface area contributed by atoms with Gasteiger partial charge in [-0.1, -0.05) is 22.9 Å². The fraction of sp³-hybridized carbons (Fsp3) is 0.250. The number of hydrogen-bond acceptors (Lipinski definition) is 5. The second kappa shape index (κ2) is 8.16. The van der Waals surface area contributed by atoms with Crippen molar-refractivity contribution in [2.45, 2.75) is 27.3 Å². The Hall–Kier alpha value is -2.64. The summed E-state index contributed by atoms with van der Waals surface area (Å²) in [5.74, 6) is -0.917. The lowest BCUT2D eigenvalue weighted by Crippen LogP contribution is -2.24. The highest BCUT2D eigenvalue weighted by atomic mass is 35.5. The minimum atomic E-state index is -0.622. The summed E-state index contributed by atoms with van der Waals surface area (Å²) in [5.41, 5.74) is 3.71. The number of rotatable bonds is 6. The summed E-state index contributed by atoms with van der Waals surface area (Å²) >= 11 is 6.96. The first-order chi connectivity index (χ1) is 13.3. The molecule has 3 aromatic rings. The highest BCUT2D eigenvalue weighted by Gasteiger charge is 2.19. The molecular formula is C20H19ClN2O4S. The molecule has 3 rings (SSSR count). The molecule has 0 saturated carbocycles. The average Bonchev–Trinajstić information content (AvgIpc) is 3.13. The van der Waals surface area contributed by atoms with E-state index in [4.69, 9.17) is 16.3 Å². The largest absolute Gasteiger partial charge is 0.456 e. The van der Waals surface area contributed by atoms with Crippen LogP contribution in [0.5, 0.6) is 0 Å². The minimum Gasteiger partial charge on any atom is -0.456 e. The van der Waals surface area contributed by atoms with E-state index in [2.05, 4.69) is 0 Å². The molecule has 1 aromatic carbocycles. The van der Waals surface area contributed by atoms with Crippen LogP contribution in [0.1, 0.15) is 27.4 Å². The van der Waals surface area contributed by atoms with E-state index in [-0.39, 0.29) is 23.8 Å². The number of carbonyl (C=O) groups is 2. The number of thiazole rings is 1. The molecule has 2 heterocycles. The van der Waals surface area contributed by atoms with Crippen molar-refractivity contribution >= 4 is 34.7 Å². The summed E-state index contributed by atoms with van der Waals surface area (Å²) in [5, 5.41) is 2.31. The normalized spacial score (nSPS) is 10.9. The second-order valence-corrected chi connectivity index (χ2v) is 7.67. The summed E-state index contributed by atoms with van der Waals surface area (Å²) in [7, 11) is 0. The fourth-order valence-electron chi connectivity index (χ4n) is 3.03. The van der Waals surface area contributed by atoms with Crippen molar-refractivity contribution in [2.75, 3.05) is 6.61 Å². The van der Waals surface area contributed by atoms with Gasteiger partial charge in [0.15, 0.2) is 6.61 Å². The average molecular weight is 419 g/mol. The first kappa shape index (κ1) is 20.1. The molecule has 6 nitrogen and oxygen atoms in total. The zero-order chi connectivity index (χ0) is 20.4. The molecule has 0 bridgehead atoms. The number of nitrogens with zero attached hydrogens (tertiary/aromatic N) is 2. The third-order valence-electron chi connectivity index (χ3n) is 4.44. The van der Waals surface area contributed by atoms with Gasteiger partial charge in [-0.25, -0.2) is 0 Å². The molecule has 0 radical (unpaired) electrons. The number of aryl methyl sites for hydroxylation is 2. The van der Waals surface area contributed by atoms with Crippen LogP contribution < -0.4 is 4.87 Å². The monoisotopic (exact) mass is 418 g/mol. The first-order valence-electron chi connectivity index (χ1n) is 8.56. The molecule has 0 atom stereocenters. The standard InChI is InChI=1S/C20H19ClN2O4S/c1-12-8-17(14(3)23(12)16-6-4-15(21)5-7-16)18(24)10-27-19(25)9-22-13(2)11-28-20(22)26/h4-8,11H,9-10H2,1-3H3. The van der Waals surface area contributed by atoms with Crippen LogP contribution >= 0.6 is 22.9 Å². The second-order valence-electron chi connectivity index (χ2n) is 6.41. The van der Waals surface area contributed by atoms with Crippen LogP contribution in [-0.2, 0) is 16.1 Å². The van der Waals surface area contributed by atoms with E-state index in [1.165, 1.54) is 4.57 Å². The van der Waals surface area contributed by atoms with E-state index in [1.54, 1.807) is 30.5 Å². The van der Waals surface area contributed by atoms with Crippen molar-refractivity contribution < 1.29 is 14.3 Å². The summed E-state index contributed by atoms with van der Waals surface area (Å²) in [6, 6.07) is 9.09. The van der Waals surface area contributed by atoms with E-state index in [0.29, 0.717) is 16.3 Å². The molecule has 0 aliphatic rings. The van der Waals surface area contributed by atoms with Gasteiger partial charge in [0, 0.05) is 38.7 Å². The Morgan fingerprint density at radius 1 is 1.11 bits per heavy atom. The number of aromatic nitrogens is 2. The van der Waals surface area contributed by atoms with Gasteiger partial charge >= 0.3 is 10.8 Å². The molecular weight excluding hydrogens is 400 g/mol. The van der Waals surface area contributed by atoms with E-state index in [9.17, 15) is 14.4 Å². The van der Waals surface area contributed by atoms with Gasteiger partial charge in [0.05, 0.1) is 0 Å². The Morgan fingerprint density at radius 3 is 2.39 bits per heavy atom. The van der Waals surface area contributed by atoms with Crippen LogP contribution in [0, 0.1) is 20.8 Å². The van der Waals surface area contributed by atoms with Gasteiger partial charge in [-0.15, -0.1) is 0 Å². The molecule has 0 spiro atoms. The van der Waals surface area contributed by atoms with Crippen LogP contribution in [0.25, 0.3) is 5.69 Å². The molecule has 0 aliphatic heterocycles. The molecule has 8 heteroatoms. The van der Waals surface area contributed by atoms with Crippen LogP contribution in [-0.4, -0.2) is 27.5 Å². The summed E-state index contributed by atoms with van der Waals surface area (Å²) in [6.45, 7) is 4.90. The SMILES string of the molecule is Cc1cc(C(=O)COC(=O)Cn2c(C)csc2=O)c(C)n1-c1ccc(Cl)cc1. The van der Waals surface area contributed by atoms with Crippen molar-refractivity contribution in [3.05, 3.63) is 73.0 Å². The molecule has 146 valence electrons. The summed E-state index contributed by atoms with van der Waals surface area (Å²) < 4.78 is 8.36. The molecule has 0 saturated heterocycles. The van der Waals surface area contributed by atoms with Crippen LogP contribution in [0.3, 0.4) is 0 Å². The number of ether oxygens (including phenoxy) is 1. The minimum absolute atomic E-state index is 0.203. The number of halogens is 1. The van der Waals surface area contributed by atoms with Gasteiger partial charge in [0.2, 0.25) is 5.78 Å². The van der Waals surface area contributed by atoms with Crippen LogP contribution in [0.2, 0.25) is 5.02 Å². The van der Waals surface area contributed by atoms with Crippen molar-refractivity contribution in [1.29, 1.82) is 0 Å². The molecule has 0 aliphatic carbocycles. The van der Waals surface area contributed by atoms with Crippen molar-refractivity contribution in [1.82, 2.24) is 9.13 Å². The molecule has 0 amide bonds. The van der Waals surface area contributed by atoms with E-state index in [0.717, 1.165) is 28.4 Å². The van der Waals surface area contributed by atoms with Gasteiger partial charge in [0.25, 0.3) is 0 Å². The first-order valence-corrected chi connectivity index (χ1v) is 9.82. The maximum absolute atomic E-state index is 12.6. The van der Waals surface area contributed by atoms with Gasteiger partial charge in [0.1, 0.15) is 6.54 Å². The zero-order valence-electron chi connectivity index (χ0n) is 15.7. The van der Waals surface area contributed by atoms with Crippen molar-refractivity contribution in [2.24, 2.45) is 0 Å². The van der Waals surface area contributed by atoms with E-state index >= 15 is 0 Å². The van der Waals surface area contributed by atoms with Crippen molar-refractivity contribution in [3.8, 4) is 5.69 Å². The lowest BCUT2D eigenvalue weighted by Gasteiger charge is -2.10. The number of Topliss-reactive ketones (excluding diaryl/α,β-unsaturated/α-hetero) is 1. The number of carbonyl (C=O) groups excluding carboxylic acids is 2. The molecule has 0 fully saturated rings. The topological polar surface area (TPSA) is 70.3 Å². The van der Waals surface area contributed by atoms with E-state index < -0.39 is 5.97 Å². The highest BCUT2D eigenvalue weighted by Crippen LogP contribution is 2.22. The Balaban J connectivity index is 1.71. The maximum Gasteiger partial charge on any atom is 0.326 e. The summed E-state index contributed by atoms with van der Waals surface area (Å²) in [6.07, 6.45) is 0. The predicted molar refractivity (Wildman–Crippen MR) is 109 cm³/mol. The summed E-state index contributed by atoms with van der Waals surface area (Å²) in [4.78, 5) is 36.0. The zero-order valence-corrected chi connectivity index (χ0v) is 17.3. The third-order valence-corrected chi connectivity index (χ3v) is 5.58. The Bertz CT molecular complexity index is 1090. The van der Waals surface area contributed by atoms with Crippen LogP contribution in [0.15, 0.2) is 40.5 Å².